The first kappa shape index (κ1) is 11.4. The normalized spacial score (nSPS) is 37.0. The molecule has 1 N–H and O–H groups in total. The molecule has 88 valence electrons. The van der Waals surface area contributed by atoms with Gasteiger partial charge in [0.15, 0.2) is 0 Å². The van der Waals surface area contributed by atoms with Gasteiger partial charge >= 0.3 is 0 Å². The number of rotatable bonds is 3. The van der Waals surface area contributed by atoms with Crippen LogP contribution in [0.15, 0.2) is 0 Å². The smallest absolute Gasteiger partial charge is 0.107 e. The van der Waals surface area contributed by atoms with E-state index in [0.717, 1.165) is 39.2 Å². The molecule has 2 heterocycles. The highest BCUT2D eigenvalue weighted by molar-refractivity contribution is 4.97. The Kier molecular flexibility index (Phi) is 4.00. The molecule has 0 aromatic heterocycles. The molecule has 0 aromatic rings. The summed E-state index contributed by atoms with van der Waals surface area (Å²) < 4.78 is 11.6. The molecule has 0 bridgehead atoms. The summed E-state index contributed by atoms with van der Waals surface area (Å²) in [5.41, 5.74) is -0.00826. The molecule has 2 fully saturated rings. The predicted octanol–water partition coefficient (Wildman–Crippen LogP) is 1.71. The van der Waals surface area contributed by atoms with Gasteiger partial charge in [-0.3, -0.25) is 0 Å². The topological polar surface area (TPSA) is 30.5 Å². The summed E-state index contributed by atoms with van der Waals surface area (Å²) in [6.07, 6.45) is 6.07. The lowest BCUT2D eigenvalue weighted by Crippen LogP contribution is -2.61. The Hall–Kier alpha value is -0.120. The second-order valence-corrected chi connectivity index (χ2v) is 4.72. The van der Waals surface area contributed by atoms with Crippen molar-refractivity contribution in [3.8, 4) is 0 Å². The second kappa shape index (κ2) is 5.28. The summed E-state index contributed by atoms with van der Waals surface area (Å²) >= 11 is 0. The van der Waals surface area contributed by atoms with Crippen LogP contribution in [0.2, 0.25) is 0 Å². The Bertz CT molecular complexity index is 182. The van der Waals surface area contributed by atoms with Gasteiger partial charge in [-0.15, -0.1) is 0 Å². The quantitative estimate of drug-likeness (QED) is 0.774. The van der Waals surface area contributed by atoms with E-state index in [1.165, 1.54) is 19.3 Å². The van der Waals surface area contributed by atoms with Crippen molar-refractivity contribution in [1.82, 2.24) is 5.32 Å². The summed E-state index contributed by atoms with van der Waals surface area (Å²) in [6, 6.07) is 0.506. The summed E-state index contributed by atoms with van der Waals surface area (Å²) in [5.74, 6) is 0. The molecule has 0 aromatic carbocycles. The van der Waals surface area contributed by atoms with Gasteiger partial charge in [0, 0.05) is 19.2 Å². The monoisotopic (exact) mass is 213 g/mol. The van der Waals surface area contributed by atoms with Crippen LogP contribution in [0.5, 0.6) is 0 Å². The summed E-state index contributed by atoms with van der Waals surface area (Å²) in [4.78, 5) is 0. The molecular formula is C12H23NO2. The molecular weight excluding hydrogens is 190 g/mol. The van der Waals surface area contributed by atoms with E-state index in [1.807, 2.05) is 0 Å². The van der Waals surface area contributed by atoms with E-state index in [1.54, 1.807) is 0 Å². The van der Waals surface area contributed by atoms with E-state index < -0.39 is 0 Å². The van der Waals surface area contributed by atoms with Crippen LogP contribution in [-0.4, -0.2) is 38.0 Å². The maximum absolute atomic E-state index is 6.03. The largest absolute Gasteiger partial charge is 0.378 e. The minimum atomic E-state index is -0.00826. The maximum Gasteiger partial charge on any atom is 0.107 e. The maximum atomic E-state index is 6.03. The van der Waals surface area contributed by atoms with E-state index in [0.29, 0.717) is 6.04 Å². The van der Waals surface area contributed by atoms with Gasteiger partial charge in [0.1, 0.15) is 5.60 Å². The standard InChI is InChI=1S/C12H23NO2/c1-2-3-5-11-12(15-9-7-13-11)6-4-8-14-10-12/h11,13H,2-10H2,1H3. The van der Waals surface area contributed by atoms with Gasteiger partial charge in [-0.25, -0.2) is 0 Å². The molecule has 0 saturated carbocycles. The van der Waals surface area contributed by atoms with Crippen LogP contribution in [0.25, 0.3) is 0 Å². The second-order valence-electron chi connectivity index (χ2n) is 4.72. The molecule has 15 heavy (non-hydrogen) atoms. The van der Waals surface area contributed by atoms with Crippen LogP contribution < -0.4 is 5.32 Å². The van der Waals surface area contributed by atoms with Crippen molar-refractivity contribution in [1.29, 1.82) is 0 Å². The van der Waals surface area contributed by atoms with Gasteiger partial charge in [-0.05, 0) is 19.3 Å². The highest BCUT2D eigenvalue weighted by Gasteiger charge is 2.43. The zero-order valence-electron chi connectivity index (χ0n) is 9.76. The summed E-state index contributed by atoms with van der Waals surface area (Å²) in [5, 5.41) is 3.61. The first-order chi connectivity index (χ1) is 7.37. The van der Waals surface area contributed by atoms with Crippen LogP contribution in [0.3, 0.4) is 0 Å². The van der Waals surface area contributed by atoms with Gasteiger partial charge in [0.05, 0.1) is 13.2 Å². The Morgan fingerprint density at radius 1 is 1.40 bits per heavy atom. The van der Waals surface area contributed by atoms with Crippen LogP contribution in [-0.2, 0) is 9.47 Å². The van der Waals surface area contributed by atoms with Gasteiger partial charge in [0.2, 0.25) is 0 Å². The minimum Gasteiger partial charge on any atom is -0.378 e. The average molecular weight is 213 g/mol. The number of morpholine rings is 1. The Labute approximate surface area is 92.5 Å². The fraction of sp³-hybridized carbons (Fsp3) is 1.00. The number of nitrogens with one attached hydrogen (secondary N) is 1. The summed E-state index contributed by atoms with van der Waals surface area (Å²) in [7, 11) is 0. The average Bonchev–Trinajstić information content (AvgIpc) is 2.29. The first-order valence-electron chi connectivity index (χ1n) is 6.32. The third-order valence-corrected chi connectivity index (χ3v) is 3.60. The van der Waals surface area contributed by atoms with Gasteiger partial charge in [0.25, 0.3) is 0 Å². The molecule has 2 aliphatic heterocycles. The first-order valence-corrected chi connectivity index (χ1v) is 6.32. The van der Waals surface area contributed by atoms with Crippen molar-refractivity contribution in [3.05, 3.63) is 0 Å². The number of unbranched alkanes of at least 4 members (excludes halogenated alkanes) is 1. The van der Waals surface area contributed by atoms with Crippen molar-refractivity contribution in [2.75, 3.05) is 26.4 Å². The summed E-state index contributed by atoms with van der Waals surface area (Å²) in [6.45, 7) is 5.77. The molecule has 1 spiro atoms. The highest BCUT2D eigenvalue weighted by atomic mass is 16.5. The molecule has 3 nitrogen and oxygen atoms in total. The van der Waals surface area contributed by atoms with E-state index in [9.17, 15) is 0 Å². The fourth-order valence-corrected chi connectivity index (χ4v) is 2.73. The molecule has 0 amide bonds. The van der Waals surface area contributed by atoms with Crippen LogP contribution in [0.4, 0.5) is 0 Å². The number of hydrogen-bond donors (Lipinski definition) is 1. The van der Waals surface area contributed by atoms with E-state index in [2.05, 4.69) is 12.2 Å². The van der Waals surface area contributed by atoms with Crippen molar-refractivity contribution in [3.63, 3.8) is 0 Å². The molecule has 2 rings (SSSR count). The van der Waals surface area contributed by atoms with Gasteiger partial charge in [-0.2, -0.15) is 0 Å². The zero-order valence-corrected chi connectivity index (χ0v) is 9.76. The zero-order chi connectivity index (χ0) is 10.6. The Morgan fingerprint density at radius 2 is 2.33 bits per heavy atom. The number of ether oxygens (including phenoxy) is 2. The lowest BCUT2D eigenvalue weighted by atomic mass is 9.84. The SMILES string of the molecule is CCCCC1NCCOC12CCCOC2. The molecule has 2 unspecified atom stereocenters. The van der Waals surface area contributed by atoms with Crippen LogP contribution in [0.1, 0.15) is 39.0 Å². The van der Waals surface area contributed by atoms with Gasteiger partial charge in [-0.1, -0.05) is 19.8 Å². The molecule has 0 radical (unpaired) electrons. The predicted molar refractivity (Wildman–Crippen MR) is 60.1 cm³/mol. The molecule has 2 saturated heterocycles. The Balaban J connectivity index is 1.97. The van der Waals surface area contributed by atoms with Gasteiger partial charge < -0.3 is 14.8 Å². The Morgan fingerprint density at radius 3 is 3.07 bits per heavy atom. The van der Waals surface area contributed by atoms with E-state index in [4.69, 9.17) is 9.47 Å². The fourth-order valence-electron chi connectivity index (χ4n) is 2.73. The van der Waals surface area contributed by atoms with E-state index in [-0.39, 0.29) is 5.60 Å². The van der Waals surface area contributed by atoms with E-state index >= 15 is 0 Å². The van der Waals surface area contributed by atoms with Crippen molar-refractivity contribution < 1.29 is 9.47 Å². The van der Waals surface area contributed by atoms with Crippen molar-refractivity contribution in [2.24, 2.45) is 0 Å². The lowest BCUT2D eigenvalue weighted by molar-refractivity contribution is -0.164. The number of hydrogen-bond acceptors (Lipinski definition) is 3. The highest BCUT2D eigenvalue weighted by Crippen LogP contribution is 2.31. The van der Waals surface area contributed by atoms with Crippen molar-refractivity contribution in [2.45, 2.75) is 50.7 Å². The molecule has 2 atom stereocenters. The van der Waals surface area contributed by atoms with Crippen LogP contribution >= 0.6 is 0 Å². The third-order valence-electron chi connectivity index (χ3n) is 3.60. The lowest BCUT2D eigenvalue weighted by Gasteiger charge is -2.46. The minimum absolute atomic E-state index is 0.00826. The van der Waals surface area contributed by atoms with Crippen LogP contribution in [0, 0.1) is 0 Å². The third kappa shape index (κ3) is 2.52. The molecule has 0 aliphatic carbocycles. The molecule has 3 heteroatoms. The van der Waals surface area contributed by atoms with Crippen molar-refractivity contribution >= 4 is 0 Å². The molecule has 2 aliphatic rings.